The highest BCUT2D eigenvalue weighted by molar-refractivity contribution is 6.30. The average molecular weight is 197 g/mol. The predicted molar refractivity (Wildman–Crippen MR) is 51.4 cm³/mol. The zero-order chi connectivity index (χ0) is 9.84. The quantitative estimate of drug-likeness (QED) is 0.556. The molecule has 0 saturated heterocycles. The van der Waals surface area contributed by atoms with E-state index in [1.54, 1.807) is 13.1 Å². The second-order valence-corrected chi connectivity index (χ2v) is 2.84. The van der Waals surface area contributed by atoms with Gasteiger partial charge >= 0.3 is 0 Å². The van der Waals surface area contributed by atoms with Gasteiger partial charge in [-0.3, -0.25) is 0 Å². The monoisotopic (exact) mass is 196 g/mol. The number of hydrazine groups is 1. The largest absolute Gasteiger partial charge is 0.306 e. The zero-order valence-electron chi connectivity index (χ0n) is 7.35. The van der Waals surface area contributed by atoms with Crippen molar-refractivity contribution >= 4 is 17.4 Å². The van der Waals surface area contributed by atoms with Crippen LogP contribution in [0.5, 0.6) is 0 Å². The Labute approximate surface area is 81.5 Å². The van der Waals surface area contributed by atoms with Gasteiger partial charge in [0.15, 0.2) is 0 Å². The van der Waals surface area contributed by atoms with Crippen LogP contribution in [0.4, 0.5) is 5.82 Å². The summed E-state index contributed by atoms with van der Waals surface area (Å²) in [5, 5.41) is 8.93. The van der Waals surface area contributed by atoms with Gasteiger partial charge in [-0.2, -0.15) is 5.26 Å². The first-order valence-electron chi connectivity index (χ1n) is 3.69. The molecule has 0 radical (unpaired) electrons. The third-order valence-corrected chi connectivity index (χ3v) is 1.81. The highest BCUT2D eigenvalue weighted by Gasteiger charge is 2.06. The molecule has 1 aromatic heterocycles. The van der Waals surface area contributed by atoms with Crippen LogP contribution in [0, 0.1) is 18.3 Å². The molecule has 0 fully saturated rings. The van der Waals surface area contributed by atoms with Gasteiger partial charge in [-0.05, 0) is 18.6 Å². The topological polar surface area (TPSA) is 60.7 Å². The third kappa shape index (κ3) is 2.08. The van der Waals surface area contributed by atoms with E-state index < -0.39 is 0 Å². The number of anilines is 1. The number of halogens is 1. The van der Waals surface area contributed by atoms with Crippen LogP contribution in [0.1, 0.15) is 11.1 Å². The molecular formula is C8H9ClN4. The van der Waals surface area contributed by atoms with Crippen LogP contribution in [-0.2, 0) is 0 Å². The first-order valence-corrected chi connectivity index (χ1v) is 4.07. The van der Waals surface area contributed by atoms with Crippen LogP contribution in [0.2, 0.25) is 5.15 Å². The summed E-state index contributed by atoms with van der Waals surface area (Å²) in [6.45, 7) is 1.81. The van der Waals surface area contributed by atoms with Crippen molar-refractivity contribution in [3.63, 3.8) is 0 Å². The minimum absolute atomic E-state index is 0.222. The molecular weight excluding hydrogens is 188 g/mol. The lowest BCUT2D eigenvalue weighted by Crippen LogP contribution is -2.16. The summed E-state index contributed by atoms with van der Waals surface area (Å²) in [5.74, 6) is 0.601. The minimum atomic E-state index is 0.222. The van der Waals surface area contributed by atoms with E-state index in [0.29, 0.717) is 11.4 Å². The Morgan fingerprint density at radius 1 is 1.62 bits per heavy atom. The van der Waals surface area contributed by atoms with E-state index in [1.165, 1.54) is 0 Å². The van der Waals surface area contributed by atoms with Crippen molar-refractivity contribution in [2.45, 2.75) is 6.92 Å². The van der Waals surface area contributed by atoms with Crippen molar-refractivity contribution in [3.8, 4) is 6.07 Å². The molecule has 0 spiro atoms. The van der Waals surface area contributed by atoms with E-state index in [2.05, 4.69) is 15.8 Å². The smallest absolute Gasteiger partial charge is 0.149 e. The standard InChI is InChI=1S/C8H9ClN4/c1-5-3-7(13-11-2)12-8(9)6(5)4-10/h3,11H,1-2H3,(H,12,13). The first-order chi connectivity index (χ1) is 6.19. The van der Waals surface area contributed by atoms with Crippen molar-refractivity contribution in [1.82, 2.24) is 10.4 Å². The molecule has 1 aromatic rings. The zero-order valence-corrected chi connectivity index (χ0v) is 8.11. The highest BCUT2D eigenvalue weighted by Crippen LogP contribution is 2.19. The third-order valence-electron chi connectivity index (χ3n) is 1.54. The fourth-order valence-electron chi connectivity index (χ4n) is 0.960. The Morgan fingerprint density at radius 2 is 2.31 bits per heavy atom. The molecule has 0 amide bonds. The van der Waals surface area contributed by atoms with E-state index in [-0.39, 0.29) is 5.15 Å². The number of nitriles is 1. The van der Waals surface area contributed by atoms with E-state index in [9.17, 15) is 0 Å². The van der Waals surface area contributed by atoms with Gasteiger partial charge in [-0.1, -0.05) is 11.6 Å². The van der Waals surface area contributed by atoms with Crippen molar-refractivity contribution in [1.29, 1.82) is 5.26 Å². The predicted octanol–water partition coefficient (Wildman–Crippen LogP) is 1.46. The number of rotatable bonds is 2. The van der Waals surface area contributed by atoms with E-state index in [0.717, 1.165) is 5.56 Å². The van der Waals surface area contributed by atoms with Crippen LogP contribution in [0.3, 0.4) is 0 Å². The van der Waals surface area contributed by atoms with Crippen molar-refractivity contribution in [2.24, 2.45) is 0 Å². The van der Waals surface area contributed by atoms with E-state index in [1.807, 2.05) is 13.0 Å². The van der Waals surface area contributed by atoms with Crippen LogP contribution >= 0.6 is 11.6 Å². The molecule has 0 aromatic carbocycles. The number of aryl methyl sites for hydroxylation is 1. The molecule has 2 N–H and O–H groups in total. The van der Waals surface area contributed by atoms with Gasteiger partial charge < -0.3 is 5.43 Å². The molecule has 5 heteroatoms. The highest BCUT2D eigenvalue weighted by atomic mass is 35.5. The van der Waals surface area contributed by atoms with Crippen molar-refractivity contribution in [2.75, 3.05) is 12.5 Å². The number of hydrogen-bond acceptors (Lipinski definition) is 4. The van der Waals surface area contributed by atoms with Gasteiger partial charge in [0, 0.05) is 7.05 Å². The molecule has 0 aliphatic rings. The van der Waals surface area contributed by atoms with Crippen LogP contribution in [0.15, 0.2) is 6.07 Å². The summed E-state index contributed by atoms with van der Waals surface area (Å²) in [7, 11) is 1.73. The second kappa shape index (κ2) is 4.08. The van der Waals surface area contributed by atoms with E-state index in [4.69, 9.17) is 16.9 Å². The number of nitrogens with one attached hydrogen (secondary N) is 2. The fraction of sp³-hybridized carbons (Fsp3) is 0.250. The Kier molecular flexibility index (Phi) is 3.07. The number of hydrogen-bond donors (Lipinski definition) is 2. The number of aromatic nitrogens is 1. The van der Waals surface area contributed by atoms with Gasteiger partial charge in [-0.25, -0.2) is 10.4 Å². The first kappa shape index (κ1) is 9.78. The molecule has 1 heterocycles. The SMILES string of the molecule is CNNc1cc(C)c(C#N)c(Cl)n1. The van der Waals surface area contributed by atoms with Gasteiger partial charge in [0.2, 0.25) is 0 Å². The molecule has 1 rings (SSSR count). The number of pyridine rings is 1. The molecule has 13 heavy (non-hydrogen) atoms. The lowest BCUT2D eigenvalue weighted by atomic mass is 10.2. The lowest BCUT2D eigenvalue weighted by Gasteiger charge is -2.06. The Bertz CT molecular complexity index is 333. The molecule has 0 aliphatic carbocycles. The van der Waals surface area contributed by atoms with Gasteiger partial charge in [-0.15, -0.1) is 0 Å². The Balaban J connectivity index is 3.14. The fourth-order valence-corrected chi connectivity index (χ4v) is 1.24. The van der Waals surface area contributed by atoms with Crippen LogP contribution in [0.25, 0.3) is 0 Å². The molecule has 0 aliphatic heterocycles. The second-order valence-electron chi connectivity index (χ2n) is 2.48. The maximum atomic E-state index is 8.71. The minimum Gasteiger partial charge on any atom is -0.306 e. The van der Waals surface area contributed by atoms with Crippen LogP contribution < -0.4 is 10.9 Å². The lowest BCUT2D eigenvalue weighted by molar-refractivity contribution is 0.963. The summed E-state index contributed by atoms with van der Waals surface area (Å²) < 4.78 is 0. The van der Waals surface area contributed by atoms with Crippen LogP contribution in [-0.4, -0.2) is 12.0 Å². The average Bonchev–Trinajstić information content (AvgIpc) is 2.04. The van der Waals surface area contributed by atoms with Gasteiger partial charge in [0.05, 0.1) is 5.56 Å². The maximum absolute atomic E-state index is 8.71. The summed E-state index contributed by atoms with van der Waals surface area (Å²) in [4.78, 5) is 3.96. The molecule has 0 atom stereocenters. The maximum Gasteiger partial charge on any atom is 0.149 e. The Hall–Kier alpha value is -1.31. The molecule has 0 unspecified atom stereocenters. The van der Waals surface area contributed by atoms with Crippen molar-refractivity contribution in [3.05, 3.63) is 22.3 Å². The summed E-state index contributed by atoms with van der Waals surface area (Å²) in [6.07, 6.45) is 0. The molecule has 0 saturated carbocycles. The van der Waals surface area contributed by atoms with E-state index >= 15 is 0 Å². The summed E-state index contributed by atoms with van der Waals surface area (Å²) in [5.41, 5.74) is 6.73. The molecule has 68 valence electrons. The Morgan fingerprint density at radius 3 is 2.77 bits per heavy atom. The van der Waals surface area contributed by atoms with Crippen molar-refractivity contribution < 1.29 is 0 Å². The number of nitrogens with zero attached hydrogens (tertiary/aromatic N) is 2. The van der Waals surface area contributed by atoms with Gasteiger partial charge in [0.25, 0.3) is 0 Å². The normalized spacial score (nSPS) is 9.38. The summed E-state index contributed by atoms with van der Waals surface area (Å²) in [6, 6.07) is 3.74. The molecule has 4 nitrogen and oxygen atoms in total. The summed E-state index contributed by atoms with van der Waals surface area (Å²) >= 11 is 5.77. The molecule has 0 bridgehead atoms. The van der Waals surface area contributed by atoms with Gasteiger partial charge in [0.1, 0.15) is 17.0 Å².